The van der Waals surface area contributed by atoms with E-state index in [1.165, 1.54) is 22.3 Å². The van der Waals surface area contributed by atoms with Crippen LogP contribution in [0.5, 0.6) is 0 Å². The van der Waals surface area contributed by atoms with Crippen molar-refractivity contribution in [2.75, 3.05) is 36.0 Å². The van der Waals surface area contributed by atoms with Gasteiger partial charge in [-0.3, -0.25) is 0 Å². The van der Waals surface area contributed by atoms with Crippen molar-refractivity contribution in [3.8, 4) is 55.6 Å². The molecule has 294 valence electrons. The average Bonchev–Trinajstić information content (AvgIpc) is 3.48. The number of fused-ring (bicyclic) bond motifs is 5. The topological polar surface area (TPSA) is 66.9 Å². The van der Waals surface area contributed by atoms with Crippen molar-refractivity contribution in [2.24, 2.45) is 0 Å². The van der Waals surface area contributed by atoms with Crippen LogP contribution >= 0.6 is 0 Å². The lowest BCUT2D eigenvalue weighted by Crippen LogP contribution is -2.21. The summed E-state index contributed by atoms with van der Waals surface area (Å²) in [5, 5.41) is 1.78. The van der Waals surface area contributed by atoms with Gasteiger partial charge in [-0.2, -0.15) is 0 Å². The molecule has 0 amide bonds. The lowest BCUT2D eigenvalue weighted by atomic mass is 9.82. The minimum absolute atomic E-state index is 0.185. The Balaban J connectivity index is 1.05. The SMILES string of the molecule is CCN(CC)c1ccc2cc(-c3cccc(-c4ccc5c(c4)-c4cc(-c6cccc(-c7cc8ccc(N(CC)CC)cc8oc7=O)c6)ccc4C5(C)C)c3)c(=O)oc2c1. The van der Waals surface area contributed by atoms with Crippen LogP contribution in [0, 0.1) is 0 Å². The van der Waals surface area contributed by atoms with Gasteiger partial charge < -0.3 is 18.6 Å². The highest BCUT2D eigenvalue weighted by atomic mass is 16.4. The monoisotopic (exact) mass is 776 g/mol. The summed E-state index contributed by atoms with van der Waals surface area (Å²) in [6.07, 6.45) is 0. The molecule has 6 heteroatoms. The van der Waals surface area contributed by atoms with Crippen LogP contribution in [0.25, 0.3) is 77.6 Å². The number of hydrogen-bond donors (Lipinski definition) is 0. The molecule has 0 N–H and O–H groups in total. The predicted octanol–water partition coefficient (Wildman–Crippen LogP) is 12.6. The van der Waals surface area contributed by atoms with E-state index in [0.717, 1.165) is 81.7 Å². The maximum absolute atomic E-state index is 13.4. The zero-order chi connectivity index (χ0) is 41.0. The number of anilines is 2. The van der Waals surface area contributed by atoms with Crippen LogP contribution < -0.4 is 21.1 Å². The maximum Gasteiger partial charge on any atom is 0.344 e. The van der Waals surface area contributed by atoms with E-state index in [4.69, 9.17) is 8.83 Å². The molecule has 9 rings (SSSR count). The van der Waals surface area contributed by atoms with Gasteiger partial charge in [-0.25, -0.2) is 9.59 Å². The third-order valence-corrected chi connectivity index (χ3v) is 12.4. The number of nitrogens with zero attached hydrogens (tertiary/aromatic N) is 2. The first-order valence-electron chi connectivity index (χ1n) is 20.8. The second-order valence-corrected chi connectivity index (χ2v) is 16.0. The second-order valence-electron chi connectivity index (χ2n) is 16.0. The zero-order valence-electron chi connectivity index (χ0n) is 34.6. The molecule has 0 saturated carbocycles. The number of hydrogen-bond acceptors (Lipinski definition) is 6. The zero-order valence-corrected chi connectivity index (χ0v) is 34.6. The minimum Gasteiger partial charge on any atom is -0.422 e. The molecule has 0 atom stereocenters. The first-order valence-corrected chi connectivity index (χ1v) is 20.8. The van der Waals surface area contributed by atoms with Crippen LogP contribution in [-0.2, 0) is 5.41 Å². The van der Waals surface area contributed by atoms with Crippen molar-refractivity contribution in [1.82, 2.24) is 0 Å². The van der Waals surface area contributed by atoms with Crippen LogP contribution in [0.15, 0.2) is 152 Å². The van der Waals surface area contributed by atoms with E-state index >= 15 is 0 Å². The van der Waals surface area contributed by atoms with Gasteiger partial charge in [0, 0.05) is 65.9 Å². The van der Waals surface area contributed by atoms with E-state index in [9.17, 15) is 9.59 Å². The van der Waals surface area contributed by atoms with E-state index in [2.05, 4.69) is 124 Å². The smallest absolute Gasteiger partial charge is 0.344 e. The van der Waals surface area contributed by atoms with E-state index in [1.807, 2.05) is 60.7 Å². The highest BCUT2D eigenvalue weighted by Gasteiger charge is 2.35. The van der Waals surface area contributed by atoms with Crippen molar-refractivity contribution < 1.29 is 8.83 Å². The molecular weight excluding hydrogens is 729 g/mol. The Labute approximate surface area is 345 Å². The summed E-state index contributed by atoms with van der Waals surface area (Å²) in [6, 6.07) is 45.8. The van der Waals surface area contributed by atoms with Gasteiger partial charge in [0.05, 0.1) is 11.1 Å². The third kappa shape index (κ3) is 6.63. The van der Waals surface area contributed by atoms with Crippen LogP contribution in [0.2, 0.25) is 0 Å². The molecule has 59 heavy (non-hydrogen) atoms. The quantitative estimate of drug-likeness (QED) is 0.129. The largest absolute Gasteiger partial charge is 0.422 e. The maximum atomic E-state index is 13.4. The van der Waals surface area contributed by atoms with Gasteiger partial charge in [-0.1, -0.05) is 74.5 Å². The fourth-order valence-electron chi connectivity index (χ4n) is 9.03. The fourth-order valence-corrected chi connectivity index (χ4v) is 9.03. The summed E-state index contributed by atoms with van der Waals surface area (Å²) < 4.78 is 11.8. The molecule has 2 heterocycles. The van der Waals surface area contributed by atoms with Gasteiger partial charge in [0.1, 0.15) is 11.2 Å². The summed E-state index contributed by atoms with van der Waals surface area (Å²) in [7, 11) is 0. The average molecular weight is 777 g/mol. The van der Waals surface area contributed by atoms with Crippen molar-refractivity contribution in [3.05, 3.63) is 165 Å². The Kier molecular flexibility index (Phi) is 9.59. The molecule has 0 spiro atoms. The third-order valence-electron chi connectivity index (χ3n) is 12.4. The Morgan fingerprint density at radius 2 is 0.814 bits per heavy atom. The molecule has 2 aromatic heterocycles. The normalized spacial score (nSPS) is 12.8. The van der Waals surface area contributed by atoms with Crippen molar-refractivity contribution >= 4 is 33.3 Å². The Bertz CT molecular complexity index is 2830. The first kappa shape index (κ1) is 37.9. The molecule has 1 aliphatic rings. The predicted molar refractivity (Wildman–Crippen MR) is 245 cm³/mol. The van der Waals surface area contributed by atoms with Gasteiger partial charge in [0.2, 0.25) is 0 Å². The molecular formula is C53H48N2O4. The number of rotatable bonds is 10. The first-order chi connectivity index (χ1) is 28.6. The van der Waals surface area contributed by atoms with Crippen molar-refractivity contribution in [3.63, 3.8) is 0 Å². The Morgan fingerprint density at radius 1 is 0.424 bits per heavy atom. The molecule has 0 saturated heterocycles. The Morgan fingerprint density at radius 3 is 1.22 bits per heavy atom. The van der Waals surface area contributed by atoms with Gasteiger partial charge in [0.25, 0.3) is 0 Å². The lowest BCUT2D eigenvalue weighted by molar-refractivity contribution is 0.563. The summed E-state index contributed by atoms with van der Waals surface area (Å²) in [5.41, 5.74) is 14.2. The van der Waals surface area contributed by atoms with Crippen molar-refractivity contribution in [2.45, 2.75) is 47.0 Å². The molecule has 1 aliphatic carbocycles. The van der Waals surface area contributed by atoms with Gasteiger partial charge in [0.15, 0.2) is 0 Å². The molecule has 0 aliphatic heterocycles. The van der Waals surface area contributed by atoms with E-state index in [0.29, 0.717) is 22.3 Å². The van der Waals surface area contributed by atoms with E-state index in [1.54, 1.807) is 0 Å². The molecule has 0 bridgehead atoms. The second kappa shape index (κ2) is 14.9. The van der Waals surface area contributed by atoms with Gasteiger partial charge >= 0.3 is 11.3 Å². The molecule has 6 aromatic carbocycles. The van der Waals surface area contributed by atoms with E-state index < -0.39 is 0 Å². The fraction of sp³-hybridized carbons (Fsp3) is 0.208. The molecule has 6 nitrogen and oxygen atoms in total. The van der Waals surface area contributed by atoms with Gasteiger partial charge in [-0.05, 0) is 144 Å². The highest BCUT2D eigenvalue weighted by molar-refractivity contribution is 5.90. The summed E-state index contributed by atoms with van der Waals surface area (Å²) in [6.45, 7) is 16.6. The standard InChI is InChI=1S/C53H48N2O4/c1-7-54(8-2)41-21-17-39-29-43(51(56)58-49(39)31-41)37-15-11-13-33(25-37)35-19-23-47-45(27-35)46-28-36(20-24-48(46)53(47,5)6)34-14-12-16-38(26-34)44-30-40-18-22-42(55(9-3)10-4)32-50(40)59-52(44)57/h11-32H,7-10H2,1-6H3. The van der Waals surface area contributed by atoms with Crippen LogP contribution in [0.1, 0.15) is 52.7 Å². The summed E-state index contributed by atoms with van der Waals surface area (Å²) in [4.78, 5) is 31.3. The molecule has 0 fully saturated rings. The molecule has 0 radical (unpaired) electrons. The number of benzene rings is 6. The minimum atomic E-state index is -0.349. The molecule has 0 unspecified atom stereocenters. The van der Waals surface area contributed by atoms with Crippen LogP contribution in [-0.4, -0.2) is 26.2 Å². The van der Waals surface area contributed by atoms with Crippen LogP contribution in [0.4, 0.5) is 11.4 Å². The van der Waals surface area contributed by atoms with E-state index in [-0.39, 0.29) is 16.7 Å². The van der Waals surface area contributed by atoms with Gasteiger partial charge in [-0.15, -0.1) is 0 Å². The van der Waals surface area contributed by atoms with Crippen LogP contribution in [0.3, 0.4) is 0 Å². The summed E-state index contributed by atoms with van der Waals surface area (Å²) >= 11 is 0. The molecule has 8 aromatic rings. The Hall–Kier alpha value is -6.66. The summed E-state index contributed by atoms with van der Waals surface area (Å²) in [5.74, 6) is 0. The lowest BCUT2D eigenvalue weighted by Gasteiger charge is -2.21. The van der Waals surface area contributed by atoms with Crippen molar-refractivity contribution in [1.29, 1.82) is 0 Å². The highest BCUT2D eigenvalue weighted by Crippen LogP contribution is 2.51.